The first-order valence-corrected chi connectivity index (χ1v) is 19.8. The molecule has 10 nitrogen and oxygen atoms in total. The quantitative estimate of drug-likeness (QED) is 0.0923. The average Bonchev–Trinajstić information content (AvgIpc) is 3.36. The van der Waals surface area contributed by atoms with Gasteiger partial charge in [0.05, 0.1) is 42.7 Å². The molecule has 1 N–H and O–H groups in total. The minimum Gasteiger partial charge on any atom is -0.744 e. The molecule has 270 valence electrons. The SMILES string of the molecule is CCC(CCCC1C[N+](C)(C)CC1CC)c1ccccc1.Cc1cc(C)c(S(=O)(=O)[O-])cc1N=Nc1cc(S(=O)(=O)[O-])c2ccccc2c1O. The Morgan fingerprint density at radius 1 is 0.780 bits per heavy atom. The highest BCUT2D eigenvalue weighted by atomic mass is 32.2. The number of nitrogens with zero attached hydrogens (tertiary/aromatic N) is 3. The third-order valence-electron chi connectivity index (χ3n) is 9.80. The molecule has 50 heavy (non-hydrogen) atoms. The van der Waals surface area contributed by atoms with Crippen molar-refractivity contribution in [2.75, 3.05) is 27.2 Å². The zero-order valence-electron chi connectivity index (χ0n) is 29.7. The lowest BCUT2D eigenvalue weighted by atomic mass is 9.85. The van der Waals surface area contributed by atoms with Gasteiger partial charge in [0.25, 0.3) is 0 Å². The van der Waals surface area contributed by atoms with Crippen molar-refractivity contribution in [3.63, 3.8) is 0 Å². The molecule has 1 fully saturated rings. The van der Waals surface area contributed by atoms with Gasteiger partial charge in [-0.05, 0) is 74.3 Å². The molecule has 3 unspecified atom stereocenters. The fourth-order valence-corrected chi connectivity index (χ4v) is 8.70. The van der Waals surface area contributed by atoms with E-state index in [2.05, 4.69) is 68.5 Å². The first-order chi connectivity index (χ1) is 23.4. The number of quaternary nitrogens is 1. The van der Waals surface area contributed by atoms with E-state index in [0.717, 1.165) is 29.9 Å². The number of azo groups is 1. The summed E-state index contributed by atoms with van der Waals surface area (Å²) in [5.41, 5.74) is 2.00. The number of phenols is 1. The predicted octanol–water partition coefficient (Wildman–Crippen LogP) is 8.47. The lowest BCUT2D eigenvalue weighted by Crippen LogP contribution is -2.36. The van der Waals surface area contributed by atoms with E-state index in [-0.39, 0.29) is 27.7 Å². The van der Waals surface area contributed by atoms with Gasteiger partial charge in [0.1, 0.15) is 25.9 Å². The van der Waals surface area contributed by atoms with E-state index in [1.54, 1.807) is 13.0 Å². The third-order valence-corrected chi connectivity index (χ3v) is 11.7. The smallest absolute Gasteiger partial charge is 0.150 e. The molecule has 0 aliphatic carbocycles. The third kappa shape index (κ3) is 9.76. The molecule has 0 spiro atoms. The Morgan fingerprint density at radius 2 is 1.34 bits per heavy atom. The van der Waals surface area contributed by atoms with Crippen LogP contribution in [0.1, 0.15) is 68.6 Å². The number of hydrogen-bond donors (Lipinski definition) is 1. The van der Waals surface area contributed by atoms with Crippen LogP contribution in [-0.4, -0.2) is 62.7 Å². The van der Waals surface area contributed by atoms with Gasteiger partial charge in [-0.1, -0.05) is 80.9 Å². The van der Waals surface area contributed by atoms with Gasteiger partial charge in [0, 0.05) is 22.6 Å². The Kier molecular flexibility index (Phi) is 12.6. The Labute approximate surface area is 297 Å². The largest absolute Gasteiger partial charge is 0.744 e. The molecular weight excluding hydrogens is 675 g/mol. The summed E-state index contributed by atoms with van der Waals surface area (Å²) in [6, 6.07) is 20.3. The number of fused-ring (bicyclic) bond motifs is 1. The van der Waals surface area contributed by atoms with E-state index in [9.17, 15) is 31.0 Å². The van der Waals surface area contributed by atoms with E-state index in [4.69, 9.17) is 0 Å². The molecule has 0 saturated carbocycles. The summed E-state index contributed by atoms with van der Waals surface area (Å²) >= 11 is 0. The van der Waals surface area contributed by atoms with Gasteiger partial charge in [-0.25, -0.2) is 16.8 Å². The molecule has 0 aromatic heterocycles. The van der Waals surface area contributed by atoms with Crippen molar-refractivity contribution in [3.8, 4) is 5.75 Å². The number of aryl methyl sites for hydroxylation is 2. The van der Waals surface area contributed by atoms with E-state index in [1.165, 1.54) is 86.4 Å². The van der Waals surface area contributed by atoms with Crippen LogP contribution in [0.15, 0.2) is 92.8 Å². The molecule has 4 aromatic rings. The molecule has 3 atom stereocenters. The van der Waals surface area contributed by atoms with E-state index in [1.807, 2.05) is 0 Å². The predicted molar refractivity (Wildman–Crippen MR) is 194 cm³/mol. The Hall–Kier alpha value is -3.68. The molecular formula is C38H48N3O7S2-. The maximum Gasteiger partial charge on any atom is 0.150 e. The second kappa shape index (κ2) is 16.1. The normalized spacial score (nSPS) is 18.2. The molecule has 0 bridgehead atoms. The van der Waals surface area contributed by atoms with Crippen LogP contribution in [0.2, 0.25) is 0 Å². The first-order valence-electron chi connectivity index (χ1n) is 17.0. The van der Waals surface area contributed by atoms with Gasteiger partial charge in [-0.3, -0.25) is 0 Å². The highest BCUT2D eigenvalue weighted by Crippen LogP contribution is 2.40. The van der Waals surface area contributed by atoms with Gasteiger partial charge in [-0.15, -0.1) is 5.11 Å². The van der Waals surface area contributed by atoms with Crippen molar-refractivity contribution in [1.82, 2.24) is 0 Å². The maximum absolute atomic E-state index is 11.6. The zero-order chi connectivity index (χ0) is 36.9. The highest BCUT2D eigenvalue weighted by molar-refractivity contribution is 7.86. The van der Waals surface area contributed by atoms with Crippen molar-refractivity contribution in [2.24, 2.45) is 22.1 Å². The summed E-state index contributed by atoms with van der Waals surface area (Å²) in [5, 5.41) is 18.2. The standard InChI is InChI=1S/C20H34N.C18H16N2O7S2/c1-5-17(19-11-8-7-9-12-19)13-10-14-20-16-21(3,4)15-18(20)6-2;1-10-7-11(2)16(28(22,23)24)8-14(10)19-20-15-9-17(29(25,26)27)12-5-3-4-6-13(12)18(15)21/h7-9,11-12,17-18,20H,5-6,10,13-16H2,1-4H3;3-9,21H,1-2H3,(H,22,23,24)(H,25,26,27)/q+1;/p-2. The van der Waals surface area contributed by atoms with Crippen molar-refractivity contribution in [2.45, 2.75) is 75.5 Å². The summed E-state index contributed by atoms with van der Waals surface area (Å²) in [6.07, 6.45) is 6.83. The summed E-state index contributed by atoms with van der Waals surface area (Å²) < 4.78 is 70.2. The first kappa shape index (κ1) is 39.1. The van der Waals surface area contributed by atoms with Crippen LogP contribution < -0.4 is 0 Å². The Balaban J connectivity index is 0.000000237. The lowest BCUT2D eigenvalue weighted by molar-refractivity contribution is -0.880. The van der Waals surface area contributed by atoms with Crippen LogP contribution in [-0.2, 0) is 20.2 Å². The van der Waals surface area contributed by atoms with E-state index in [0.29, 0.717) is 5.56 Å². The molecule has 5 rings (SSSR count). The topological polar surface area (TPSA) is 159 Å². The zero-order valence-corrected chi connectivity index (χ0v) is 31.3. The van der Waals surface area contributed by atoms with Crippen molar-refractivity contribution in [3.05, 3.63) is 89.5 Å². The van der Waals surface area contributed by atoms with Gasteiger partial charge in [-0.2, -0.15) is 5.11 Å². The van der Waals surface area contributed by atoms with Gasteiger partial charge < -0.3 is 18.7 Å². The number of rotatable bonds is 11. The minimum atomic E-state index is -4.87. The van der Waals surface area contributed by atoms with Gasteiger partial charge >= 0.3 is 0 Å². The molecule has 1 aliphatic heterocycles. The second-order valence-corrected chi connectivity index (χ2v) is 16.7. The monoisotopic (exact) mass is 722 g/mol. The second-order valence-electron chi connectivity index (χ2n) is 14.0. The van der Waals surface area contributed by atoms with Crippen molar-refractivity contribution >= 4 is 42.4 Å². The van der Waals surface area contributed by atoms with Crippen LogP contribution in [0, 0.1) is 25.7 Å². The average molecular weight is 723 g/mol. The van der Waals surface area contributed by atoms with Crippen LogP contribution >= 0.6 is 0 Å². The number of aromatic hydroxyl groups is 1. The Morgan fingerprint density at radius 3 is 1.94 bits per heavy atom. The number of phenolic OH excluding ortho intramolecular Hbond substituents is 1. The molecule has 0 radical (unpaired) electrons. The van der Waals surface area contributed by atoms with Crippen molar-refractivity contribution < 1.29 is 35.5 Å². The number of hydrogen-bond acceptors (Lipinski definition) is 9. The summed E-state index contributed by atoms with van der Waals surface area (Å²) in [4.78, 5) is -1.05. The summed E-state index contributed by atoms with van der Waals surface area (Å²) in [6.45, 7) is 10.6. The number of benzene rings is 4. The maximum atomic E-state index is 11.6. The summed E-state index contributed by atoms with van der Waals surface area (Å²) in [7, 11) is -4.81. The van der Waals surface area contributed by atoms with E-state index >= 15 is 0 Å². The van der Waals surface area contributed by atoms with Crippen LogP contribution in [0.5, 0.6) is 5.75 Å². The minimum absolute atomic E-state index is 0.0316. The Bertz CT molecular complexity index is 2050. The molecule has 0 amide bonds. The van der Waals surface area contributed by atoms with E-state index < -0.39 is 35.8 Å². The molecule has 4 aromatic carbocycles. The lowest BCUT2D eigenvalue weighted by Gasteiger charge is -2.23. The summed E-state index contributed by atoms with van der Waals surface area (Å²) in [5.74, 6) is 2.27. The van der Waals surface area contributed by atoms with Crippen molar-refractivity contribution in [1.29, 1.82) is 0 Å². The van der Waals surface area contributed by atoms with Crippen LogP contribution in [0.25, 0.3) is 10.8 Å². The van der Waals surface area contributed by atoms with Gasteiger partial charge in [0.2, 0.25) is 0 Å². The molecule has 1 saturated heterocycles. The highest BCUT2D eigenvalue weighted by Gasteiger charge is 2.38. The van der Waals surface area contributed by atoms with Gasteiger partial charge in [0.15, 0.2) is 5.75 Å². The van der Waals surface area contributed by atoms with Crippen LogP contribution in [0.4, 0.5) is 11.4 Å². The fraction of sp³-hybridized carbons (Fsp3) is 0.421. The molecule has 12 heteroatoms. The number of likely N-dealkylation sites (tertiary alicyclic amines) is 1. The van der Waals surface area contributed by atoms with Crippen LogP contribution in [0.3, 0.4) is 0 Å². The molecule has 1 aliphatic rings. The molecule has 1 heterocycles. The fourth-order valence-electron chi connectivity index (χ4n) is 7.29.